The average Bonchev–Trinajstić information content (AvgIpc) is 2.71. The van der Waals surface area contributed by atoms with E-state index in [-0.39, 0.29) is 11.9 Å². The summed E-state index contributed by atoms with van der Waals surface area (Å²) in [5.74, 6) is 1.30. The summed E-state index contributed by atoms with van der Waals surface area (Å²) in [6, 6.07) is 10.7. The minimum Gasteiger partial charge on any atom is -0.490 e. The fraction of sp³-hybridized carbons (Fsp3) is 0.400. The molecule has 3 rings (SSSR count). The molecule has 27 heavy (non-hydrogen) atoms. The van der Waals surface area contributed by atoms with Crippen LogP contribution in [-0.2, 0) is 0 Å². The number of nitrogens with one attached hydrogen (secondary N) is 2. The Bertz CT molecular complexity index is 740. The highest BCUT2D eigenvalue weighted by molar-refractivity contribution is 5.80. The van der Waals surface area contributed by atoms with Crippen molar-refractivity contribution in [3.63, 3.8) is 0 Å². The second-order valence-corrected chi connectivity index (χ2v) is 6.45. The van der Waals surface area contributed by atoms with E-state index in [1.807, 2.05) is 18.2 Å². The van der Waals surface area contributed by atoms with Crippen LogP contribution < -0.4 is 20.3 Å². The van der Waals surface area contributed by atoms with Crippen molar-refractivity contribution in [2.45, 2.75) is 18.9 Å². The van der Waals surface area contributed by atoms with Crippen LogP contribution in [0, 0.1) is 5.82 Å². The van der Waals surface area contributed by atoms with Gasteiger partial charge < -0.3 is 20.3 Å². The van der Waals surface area contributed by atoms with E-state index in [9.17, 15) is 4.39 Å². The first-order valence-electron chi connectivity index (χ1n) is 9.25. The first kappa shape index (κ1) is 18.9. The molecular weight excluding hydrogens is 345 g/mol. The van der Waals surface area contributed by atoms with E-state index >= 15 is 0 Å². The van der Waals surface area contributed by atoms with Crippen LogP contribution in [0.1, 0.15) is 12.8 Å². The molecule has 0 amide bonds. The summed E-state index contributed by atoms with van der Waals surface area (Å²) in [4.78, 5) is 10.5. The monoisotopic (exact) mass is 371 g/mol. The van der Waals surface area contributed by atoms with Gasteiger partial charge in [-0.05, 0) is 43.2 Å². The minimum absolute atomic E-state index is 0.200. The fourth-order valence-electron chi connectivity index (χ4n) is 3.16. The summed E-state index contributed by atoms with van der Waals surface area (Å²) < 4.78 is 19.1. The molecule has 0 saturated carbocycles. The normalized spacial score (nSPS) is 17.5. The van der Waals surface area contributed by atoms with Gasteiger partial charge in [0.1, 0.15) is 18.2 Å². The number of ether oxygens (including phenoxy) is 1. The third-order valence-electron chi connectivity index (χ3n) is 4.46. The molecule has 144 valence electrons. The van der Waals surface area contributed by atoms with Gasteiger partial charge >= 0.3 is 0 Å². The van der Waals surface area contributed by atoms with Crippen LogP contribution in [0.3, 0.4) is 0 Å². The smallest absolute Gasteiger partial charge is 0.191 e. The van der Waals surface area contributed by atoms with Crippen molar-refractivity contribution in [2.24, 2.45) is 4.99 Å². The third-order valence-corrected chi connectivity index (χ3v) is 4.46. The molecule has 0 aliphatic carbocycles. The predicted octanol–water partition coefficient (Wildman–Crippen LogP) is 2.43. The van der Waals surface area contributed by atoms with Gasteiger partial charge in [0.05, 0.1) is 12.7 Å². The summed E-state index contributed by atoms with van der Waals surface area (Å²) in [6.45, 7) is 2.91. The molecule has 0 radical (unpaired) electrons. The van der Waals surface area contributed by atoms with Crippen LogP contribution in [0.15, 0.2) is 53.8 Å². The second-order valence-electron chi connectivity index (χ2n) is 6.45. The Balaban J connectivity index is 1.44. The van der Waals surface area contributed by atoms with Gasteiger partial charge in [0.15, 0.2) is 5.96 Å². The van der Waals surface area contributed by atoms with Gasteiger partial charge in [-0.15, -0.1) is 0 Å². The summed E-state index contributed by atoms with van der Waals surface area (Å²) in [5.41, 5.74) is 0.925. The Morgan fingerprint density at radius 1 is 1.37 bits per heavy atom. The molecule has 0 spiro atoms. The standard InChI is InChI=1S/C20H26FN5O/c1-22-20(24-10-12-27-19-8-3-9-23-14-19)25-17-6-4-11-26(15-17)18-7-2-5-16(21)13-18/h2-3,5,7-9,13-14,17H,4,6,10-12,15H2,1H3,(H2,22,24,25). The SMILES string of the molecule is CN=C(NCCOc1cccnc1)NC1CCCN(c2cccc(F)c2)C1. The van der Waals surface area contributed by atoms with Crippen LogP contribution in [0.5, 0.6) is 5.75 Å². The molecule has 1 aromatic carbocycles. The van der Waals surface area contributed by atoms with Gasteiger partial charge in [-0.1, -0.05) is 6.07 Å². The average molecular weight is 371 g/mol. The van der Waals surface area contributed by atoms with E-state index < -0.39 is 0 Å². The molecule has 7 heteroatoms. The van der Waals surface area contributed by atoms with E-state index in [0.29, 0.717) is 13.2 Å². The minimum atomic E-state index is -0.200. The summed E-state index contributed by atoms with van der Waals surface area (Å²) in [7, 11) is 1.75. The summed E-state index contributed by atoms with van der Waals surface area (Å²) in [6.07, 6.45) is 5.51. The van der Waals surface area contributed by atoms with Gasteiger partial charge in [-0.3, -0.25) is 9.98 Å². The Kier molecular flexibility index (Phi) is 6.84. The maximum absolute atomic E-state index is 13.5. The van der Waals surface area contributed by atoms with E-state index in [1.54, 1.807) is 31.6 Å². The van der Waals surface area contributed by atoms with E-state index in [1.165, 1.54) is 6.07 Å². The zero-order chi connectivity index (χ0) is 18.9. The molecule has 1 aliphatic heterocycles. The number of benzene rings is 1. The molecule has 1 unspecified atom stereocenters. The lowest BCUT2D eigenvalue weighted by Gasteiger charge is -2.35. The molecule has 1 aliphatic rings. The highest BCUT2D eigenvalue weighted by Gasteiger charge is 2.21. The van der Waals surface area contributed by atoms with Gasteiger partial charge in [-0.2, -0.15) is 0 Å². The molecule has 6 nitrogen and oxygen atoms in total. The summed E-state index contributed by atoms with van der Waals surface area (Å²) in [5, 5.41) is 6.72. The third kappa shape index (κ3) is 5.84. The van der Waals surface area contributed by atoms with Crippen LogP contribution in [-0.4, -0.2) is 50.3 Å². The lowest BCUT2D eigenvalue weighted by molar-refractivity contribution is 0.320. The van der Waals surface area contributed by atoms with Gasteiger partial charge in [0.2, 0.25) is 0 Å². The Morgan fingerprint density at radius 2 is 2.30 bits per heavy atom. The number of rotatable bonds is 6. The topological polar surface area (TPSA) is 61.8 Å². The largest absolute Gasteiger partial charge is 0.490 e. The Labute approximate surface area is 159 Å². The molecule has 2 heterocycles. The van der Waals surface area contributed by atoms with E-state index in [2.05, 4.69) is 25.5 Å². The molecule has 1 fully saturated rings. The number of anilines is 1. The number of pyridine rings is 1. The fourth-order valence-corrected chi connectivity index (χ4v) is 3.16. The van der Waals surface area contributed by atoms with Gasteiger partial charge in [-0.25, -0.2) is 4.39 Å². The van der Waals surface area contributed by atoms with Crippen LogP contribution >= 0.6 is 0 Å². The number of piperidine rings is 1. The van der Waals surface area contributed by atoms with Crippen LogP contribution in [0.2, 0.25) is 0 Å². The molecule has 1 aromatic heterocycles. The van der Waals surface area contributed by atoms with Crippen molar-refractivity contribution < 1.29 is 9.13 Å². The number of hydrogen-bond donors (Lipinski definition) is 2. The quantitative estimate of drug-likeness (QED) is 0.464. The molecule has 0 bridgehead atoms. The first-order chi connectivity index (χ1) is 13.2. The maximum Gasteiger partial charge on any atom is 0.191 e. The summed E-state index contributed by atoms with van der Waals surface area (Å²) >= 11 is 0. The van der Waals surface area contributed by atoms with Crippen LogP contribution in [0.4, 0.5) is 10.1 Å². The van der Waals surface area contributed by atoms with Crippen molar-refractivity contribution in [1.29, 1.82) is 0 Å². The molecule has 2 aromatic rings. The second kappa shape index (κ2) is 9.75. The van der Waals surface area contributed by atoms with Crippen LogP contribution in [0.25, 0.3) is 0 Å². The highest BCUT2D eigenvalue weighted by atomic mass is 19.1. The number of aliphatic imine (C=N–C) groups is 1. The zero-order valence-electron chi connectivity index (χ0n) is 15.6. The molecular formula is C20H26FN5O. The number of hydrogen-bond acceptors (Lipinski definition) is 4. The predicted molar refractivity (Wildman–Crippen MR) is 106 cm³/mol. The van der Waals surface area contributed by atoms with Gasteiger partial charge in [0, 0.05) is 38.1 Å². The Hall–Kier alpha value is -2.83. The van der Waals surface area contributed by atoms with Crippen molar-refractivity contribution in [2.75, 3.05) is 38.2 Å². The number of nitrogens with zero attached hydrogens (tertiary/aromatic N) is 3. The van der Waals surface area contributed by atoms with E-state index in [4.69, 9.17) is 4.74 Å². The molecule has 2 N–H and O–H groups in total. The lowest BCUT2D eigenvalue weighted by Crippen LogP contribution is -2.51. The maximum atomic E-state index is 13.5. The lowest BCUT2D eigenvalue weighted by atomic mass is 10.0. The number of halogens is 1. The molecule has 1 atom stereocenters. The number of guanidine groups is 1. The van der Waals surface area contributed by atoms with Crippen molar-refractivity contribution in [1.82, 2.24) is 15.6 Å². The van der Waals surface area contributed by atoms with Crippen molar-refractivity contribution in [3.8, 4) is 5.75 Å². The number of aromatic nitrogens is 1. The van der Waals surface area contributed by atoms with Crippen molar-refractivity contribution >= 4 is 11.6 Å². The zero-order valence-corrected chi connectivity index (χ0v) is 15.6. The van der Waals surface area contributed by atoms with Crippen molar-refractivity contribution in [3.05, 3.63) is 54.6 Å². The van der Waals surface area contributed by atoms with E-state index in [0.717, 1.165) is 43.3 Å². The Morgan fingerprint density at radius 3 is 3.07 bits per heavy atom. The first-order valence-corrected chi connectivity index (χ1v) is 9.25. The highest BCUT2D eigenvalue weighted by Crippen LogP contribution is 2.20. The van der Waals surface area contributed by atoms with Gasteiger partial charge in [0.25, 0.3) is 0 Å². The molecule has 1 saturated heterocycles.